The number of nitrogens with one attached hydrogen (secondary N) is 1. The van der Waals surface area contributed by atoms with Crippen LogP contribution in [0.25, 0.3) is 0 Å². The Morgan fingerprint density at radius 1 is 1.11 bits per heavy atom. The van der Waals surface area contributed by atoms with Crippen LogP contribution in [0.1, 0.15) is 22.8 Å². The molecule has 2 aromatic carbocycles. The van der Waals surface area contributed by atoms with Crippen molar-refractivity contribution in [1.82, 2.24) is 4.98 Å². The van der Waals surface area contributed by atoms with Crippen LogP contribution < -0.4 is 21.7 Å². The van der Waals surface area contributed by atoms with Crippen molar-refractivity contribution < 1.29 is 9.59 Å². The Balaban J connectivity index is 1.71. The van der Waals surface area contributed by atoms with E-state index in [1.54, 1.807) is 53.9 Å². The molecule has 8 heteroatoms. The molecule has 7 nitrogen and oxygen atoms in total. The van der Waals surface area contributed by atoms with Gasteiger partial charge >= 0.3 is 0 Å². The molecule has 0 atom stereocenters. The number of hydrogen-bond donors (Lipinski definition) is 3. The Morgan fingerprint density at radius 3 is 2.41 bits per heavy atom. The number of anilines is 4. The van der Waals surface area contributed by atoms with Gasteiger partial charge in [-0.1, -0.05) is 24.3 Å². The van der Waals surface area contributed by atoms with Crippen molar-refractivity contribution in [2.75, 3.05) is 21.7 Å². The summed E-state index contributed by atoms with van der Waals surface area (Å²) >= 11 is 1.28. The molecule has 3 rings (SSSR count). The minimum atomic E-state index is -0.254. The highest BCUT2D eigenvalue weighted by Gasteiger charge is 2.15. The smallest absolute Gasteiger partial charge is 0.255 e. The van der Waals surface area contributed by atoms with E-state index in [1.165, 1.54) is 23.2 Å². The monoisotopic (exact) mass is 381 g/mol. The number of benzene rings is 2. The molecule has 0 saturated heterocycles. The molecule has 0 aliphatic heterocycles. The molecule has 5 N–H and O–H groups in total. The van der Waals surface area contributed by atoms with Gasteiger partial charge in [-0.25, -0.2) is 4.98 Å². The Morgan fingerprint density at radius 2 is 1.81 bits per heavy atom. The van der Waals surface area contributed by atoms with Crippen molar-refractivity contribution in [3.63, 3.8) is 0 Å². The summed E-state index contributed by atoms with van der Waals surface area (Å²) in [6, 6.07) is 14.1. The van der Waals surface area contributed by atoms with Crippen LogP contribution >= 0.6 is 11.3 Å². The highest BCUT2D eigenvalue weighted by Crippen LogP contribution is 2.22. The van der Waals surface area contributed by atoms with Gasteiger partial charge in [-0.2, -0.15) is 0 Å². The number of aromatic nitrogens is 1. The Labute approximate surface area is 160 Å². The van der Waals surface area contributed by atoms with E-state index < -0.39 is 0 Å². The lowest BCUT2D eigenvalue weighted by atomic mass is 10.1. The van der Waals surface area contributed by atoms with Gasteiger partial charge in [-0.3, -0.25) is 14.5 Å². The molecule has 0 unspecified atom stereocenters. The van der Waals surface area contributed by atoms with Gasteiger partial charge in [0.15, 0.2) is 5.13 Å². The average molecular weight is 381 g/mol. The molecule has 0 aliphatic carbocycles. The summed E-state index contributed by atoms with van der Waals surface area (Å²) in [5.41, 5.74) is 13.9. The fourth-order valence-electron chi connectivity index (χ4n) is 2.51. The zero-order valence-corrected chi connectivity index (χ0v) is 15.5. The van der Waals surface area contributed by atoms with Gasteiger partial charge < -0.3 is 16.8 Å². The fraction of sp³-hybridized carbons (Fsp3) is 0.105. The van der Waals surface area contributed by atoms with Crippen LogP contribution in [-0.2, 0) is 11.3 Å². The SMILES string of the molecule is CC(=O)N(Cc1ccc(C(=O)Nc2ccccc2N)cc1)c1csc(N)n1. The average Bonchev–Trinajstić information content (AvgIpc) is 3.07. The zero-order chi connectivity index (χ0) is 19.4. The number of amides is 2. The van der Waals surface area contributed by atoms with E-state index in [0.717, 1.165) is 5.56 Å². The quantitative estimate of drug-likeness (QED) is 0.588. The van der Waals surface area contributed by atoms with Crippen LogP contribution in [0.4, 0.5) is 22.3 Å². The van der Waals surface area contributed by atoms with Crippen molar-refractivity contribution in [2.24, 2.45) is 0 Å². The maximum Gasteiger partial charge on any atom is 0.255 e. The van der Waals surface area contributed by atoms with E-state index in [2.05, 4.69) is 10.3 Å². The zero-order valence-electron chi connectivity index (χ0n) is 14.7. The van der Waals surface area contributed by atoms with Crippen LogP contribution in [0.15, 0.2) is 53.9 Å². The van der Waals surface area contributed by atoms with E-state index in [4.69, 9.17) is 11.5 Å². The van der Waals surface area contributed by atoms with Crippen LogP contribution in [0.2, 0.25) is 0 Å². The molecule has 0 spiro atoms. The van der Waals surface area contributed by atoms with Crippen molar-refractivity contribution in [3.8, 4) is 0 Å². The molecule has 0 saturated carbocycles. The summed E-state index contributed by atoms with van der Waals surface area (Å²) in [7, 11) is 0. The Kier molecular flexibility index (Phi) is 5.37. The number of hydrogen-bond acceptors (Lipinski definition) is 6. The molecule has 2 amide bonds. The summed E-state index contributed by atoms with van der Waals surface area (Å²) in [5.74, 6) is 0.128. The Hall–Kier alpha value is -3.39. The van der Waals surface area contributed by atoms with Crippen molar-refractivity contribution in [2.45, 2.75) is 13.5 Å². The molecular formula is C19H19N5O2S. The van der Waals surface area contributed by atoms with Gasteiger partial charge in [-0.05, 0) is 29.8 Å². The van der Waals surface area contributed by atoms with Crippen molar-refractivity contribution >= 4 is 45.5 Å². The topological polar surface area (TPSA) is 114 Å². The van der Waals surface area contributed by atoms with Crippen molar-refractivity contribution in [1.29, 1.82) is 0 Å². The number of carbonyl (C=O) groups excluding carboxylic acids is 2. The minimum absolute atomic E-state index is 0.137. The molecule has 0 fully saturated rings. The third kappa shape index (κ3) is 4.42. The number of thiazole rings is 1. The minimum Gasteiger partial charge on any atom is -0.397 e. The molecule has 27 heavy (non-hydrogen) atoms. The third-order valence-electron chi connectivity index (χ3n) is 3.93. The summed E-state index contributed by atoms with van der Waals surface area (Å²) in [5, 5.41) is 4.93. The first-order chi connectivity index (χ1) is 12.9. The molecule has 3 aromatic rings. The molecule has 1 heterocycles. The summed E-state index contributed by atoms with van der Waals surface area (Å²) in [6.45, 7) is 1.81. The second-order valence-corrected chi connectivity index (χ2v) is 6.78. The highest BCUT2D eigenvalue weighted by atomic mass is 32.1. The van der Waals surface area contributed by atoms with E-state index in [1.807, 2.05) is 0 Å². The summed E-state index contributed by atoms with van der Waals surface area (Å²) in [4.78, 5) is 30.0. The number of nitrogens with two attached hydrogens (primary N) is 2. The van der Waals surface area contributed by atoms with Crippen LogP contribution in [0.3, 0.4) is 0 Å². The van der Waals surface area contributed by atoms with Gasteiger partial charge in [-0.15, -0.1) is 11.3 Å². The van der Waals surface area contributed by atoms with Gasteiger partial charge in [0.2, 0.25) is 5.91 Å². The molecule has 1 aromatic heterocycles. The first-order valence-corrected chi connectivity index (χ1v) is 9.06. The predicted molar refractivity (Wildman–Crippen MR) is 109 cm³/mol. The molecule has 0 radical (unpaired) electrons. The second-order valence-electron chi connectivity index (χ2n) is 5.89. The number of carbonyl (C=O) groups is 2. The Bertz CT molecular complexity index is 968. The number of nitrogens with zero attached hydrogens (tertiary/aromatic N) is 2. The van der Waals surface area contributed by atoms with E-state index in [0.29, 0.717) is 34.4 Å². The maximum absolute atomic E-state index is 12.4. The molecule has 0 bridgehead atoms. The lowest BCUT2D eigenvalue weighted by Crippen LogP contribution is -2.28. The lowest BCUT2D eigenvalue weighted by molar-refractivity contribution is -0.116. The predicted octanol–water partition coefficient (Wildman–Crippen LogP) is 3.11. The normalized spacial score (nSPS) is 10.4. The van der Waals surface area contributed by atoms with Crippen molar-refractivity contribution in [3.05, 3.63) is 65.0 Å². The standard InChI is InChI=1S/C19H19N5O2S/c1-12(25)24(17-11-27-19(21)23-17)10-13-6-8-14(9-7-13)18(26)22-16-5-3-2-4-15(16)20/h2-9,11H,10,20H2,1H3,(H2,21,23)(H,22,26). The van der Waals surface area contributed by atoms with Gasteiger partial charge in [0.25, 0.3) is 5.91 Å². The molecule has 138 valence electrons. The summed E-state index contributed by atoms with van der Waals surface area (Å²) in [6.07, 6.45) is 0. The first kappa shape index (κ1) is 18.4. The van der Waals surface area contributed by atoms with Crippen LogP contribution in [0.5, 0.6) is 0 Å². The number of para-hydroxylation sites is 2. The van der Waals surface area contributed by atoms with Gasteiger partial charge in [0, 0.05) is 17.9 Å². The number of nitrogen functional groups attached to an aromatic ring is 2. The van der Waals surface area contributed by atoms with E-state index in [-0.39, 0.29) is 11.8 Å². The van der Waals surface area contributed by atoms with E-state index in [9.17, 15) is 9.59 Å². The highest BCUT2D eigenvalue weighted by molar-refractivity contribution is 7.13. The maximum atomic E-state index is 12.4. The molecule has 0 aliphatic rings. The third-order valence-corrected chi connectivity index (χ3v) is 4.59. The number of rotatable bonds is 5. The lowest BCUT2D eigenvalue weighted by Gasteiger charge is -2.18. The molecular weight excluding hydrogens is 362 g/mol. The van der Waals surface area contributed by atoms with E-state index >= 15 is 0 Å². The second kappa shape index (κ2) is 7.88. The largest absolute Gasteiger partial charge is 0.397 e. The van der Waals surface area contributed by atoms with Crippen LogP contribution in [-0.4, -0.2) is 16.8 Å². The van der Waals surface area contributed by atoms with Crippen LogP contribution in [0, 0.1) is 0 Å². The first-order valence-electron chi connectivity index (χ1n) is 8.18. The van der Waals surface area contributed by atoms with Gasteiger partial charge in [0.05, 0.1) is 17.9 Å². The fourth-order valence-corrected chi connectivity index (χ4v) is 3.06. The summed E-state index contributed by atoms with van der Waals surface area (Å²) < 4.78 is 0. The van der Waals surface area contributed by atoms with Gasteiger partial charge in [0.1, 0.15) is 5.82 Å².